The van der Waals surface area contributed by atoms with Gasteiger partial charge in [-0.25, -0.2) is 4.39 Å². The molecule has 0 saturated heterocycles. The molecular formula is C21H23ClFN5O2. The van der Waals surface area contributed by atoms with Gasteiger partial charge < -0.3 is 26.5 Å². The number of aromatic amines is 1. The Labute approximate surface area is 179 Å². The van der Waals surface area contributed by atoms with Crippen LogP contribution in [0.15, 0.2) is 42.5 Å². The number of nitrogens with one attached hydrogen (secondary N) is 2. The predicted octanol–water partition coefficient (Wildman–Crippen LogP) is 2.30. The van der Waals surface area contributed by atoms with Gasteiger partial charge in [-0.05, 0) is 35.9 Å². The van der Waals surface area contributed by atoms with Crippen LogP contribution in [-0.2, 0) is 4.74 Å². The zero-order chi connectivity index (χ0) is 20.8. The van der Waals surface area contributed by atoms with Crippen molar-refractivity contribution >= 4 is 29.2 Å². The van der Waals surface area contributed by atoms with E-state index in [2.05, 4.69) is 16.4 Å². The Hall–Kier alpha value is -2.96. The number of nitrogens with two attached hydrogens (primary N) is 2. The van der Waals surface area contributed by atoms with Gasteiger partial charge in [0.05, 0.1) is 24.8 Å². The zero-order valence-electron chi connectivity index (χ0n) is 16.2. The molecule has 30 heavy (non-hydrogen) atoms. The number of ether oxygens (including phenoxy) is 1. The van der Waals surface area contributed by atoms with Crippen LogP contribution in [0.1, 0.15) is 16.1 Å². The van der Waals surface area contributed by atoms with E-state index in [0.29, 0.717) is 46.4 Å². The van der Waals surface area contributed by atoms with Gasteiger partial charge in [-0.2, -0.15) is 5.26 Å². The first-order valence-corrected chi connectivity index (χ1v) is 9.17. The molecule has 6 N–H and O–H groups in total. The van der Waals surface area contributed by atoms with Crippen LogP contribution in [0, 0.1) is 17.1 Å². The van der Waals surface area contributed by atoms with Gasteiger partial charge in [-0.1, -0.05) is 12.1 Å². The number of nitrogens with zero attached hydrogens (tertiary/aromatic N) is 1. The standard InChI is InChI=1S/C21H22FN5O2.ClH/c22-15-5-6-18-17(9-15)19(14-3-1-13(10-24)2-4-14)20(27-18)21(28)26-11-16(25)12-29-8-7-23;/h1-6,9,16,27H,7-8,11-12,23,25H2,(H,26,28);1H/t16-;/m1./s1. The van der Waals surface area contributed by atoms with Crippen LogP contribution in [0.3, 0.4) is 0 Å². The zero-order valence-corrected chi connectivity index (χ0v) is 17.0. The van der Waals surface area contributed by atoms with Crippen molar-refractivity contribution in [2.45, 2.75) is 6.04 Å². The summed E-state index contributed by atoms with van der Waals surface area (Å²) in [4.78, 5) is 15.9. The maximum atomic E-state index is 13.9. The maximum Gasteiger partial charge on any atom is 0.268 e. The van der Waals surface area contributed by atoms with Gasteiger partial charge in [0.15, 0.2) is 0 Å². The van der Waals surface area contributed by atoms with Crippen LogP contribution in [-0.4, -0.2) is 43.2 Å². The second-order valence-electron chi connectivity index (χ2n) is 6.59. The summed E-state index contributed by atoms with van der Waals surface area (Å²) >= 11 is 0. The second kappa shape index (κ2) is 10.7. The summed E-state index contributed by atoms with van der Waals surface area (Å²) in [6, 6.07) is 12.7. The van der Waals surface area contributed by atoms with Crippen LogP contribution in [0.2, 0.25) is 0 Å². The number of hydrogen-bond donors (Lipinski definition) is 4. The molecule has 1 heterocycles. The van der Waals surface area contributed by atoms with Crippen LogP contribution in [0.5, 0.6) is 0 Å². The molecule has 1 atom stereocenters. The fourth-order valence-corrected chi connectivity index (χ4v) is 3.03. The molecule has 0 aliphatic rings. The third kappa shape index (κ3) is 5.34. The number of aromatic nitrogens is 1. The van der Waals surface area contributed by atoms with Crippen molar-refractivity contribution in [3.05, 3.63) is 59.5 Å². The Balaban J connectivity index is 0.00000320. The van der Waals surface area contributed by atoms with E-state index < -0.39 is 5.82 Å². The number of carbonyl (C=O) groups is 1. The quantitative estimate of drug-likeness (QED) is 0.406. The number of carbonyl (C=O) groups excluding carboxylic acids is 1. The minimum atomic E-state index is -0.405. The molecule has 0 bridgehead atoms. The highest BCUT2D eigenvalue weighted by Gasteiger charge is 2.20. The highest BCUT2D eigenvalue weighted by atomic mass is 35.5. The van der Waals surface area contributed by atoms with Crippen LogP contribution < -0.4 is 16.8 Å². The number of fused-ring (bicyclic) bond motifs is 1. The Morgan fingerprint density at radius 3 is 2.67 bits per heavy atom. The number of nitriles is 1. The molecule has 0 unspecified atom stereocenters. The van der Waals surface area contributed by atoms with E-state index in [0.717, 1.165) is 0 Å². The number of benzene rings is 2. The van der Waals surface area contributed by atoms with E-state index in [9.17, 15) is 9.18 Å². The van der Waals surface area contributed by atoms with Crippen LogP contribution in [0.4, 0.5) is 4.39 Å². The van der Waals surface area contributed by atoms with Crippen molar-refractivity contribution in [1.29, 1.82) is 5.26 Å². The van der Waals surface area contributed by atoms with Gasteiger partial charge in [0.1, 0.15) is 11.5 Å². The van der Waals surface area contributed by atoms with Gasteiger partial charge in [0.25, 0.3) is 5.91 Å². The summed E-state index contributed by atoms with van der Waals surface area (Å²) in [7, 11) is 0. The SMILES string of the molecule is Cl.N#Cc1ccc(-c2c(C(=O)NC[C@@H](N)COCCN)[nH]c3ccc(F)cc23)cc1. The van der Waals surface area contributed by atoms with Crippen molar-refractivity contribution in [2.24, 2.45) is 11.5 Å². The number of hydrogen-bond acceptors (Lipinski definition) is 5. The molecule has 3 aromatic rings. The molecule has 0 spiro atoms. The molecule has 1 aromatic heterocycles. The highest BCUT2D eigenvalue weighted by Crippen LogP contribution is 2.33. The van der Waals surface area contributed by atoms with Gasteiger partial charge >= 0.3 is 0 Å². The Bertz CT molecular complexity index is 1050. The minimum absolute atomic E-state index is 0. The third-order valence-corrected chi connectivity index (χ3v) is 4.41. The summed E-state index contributed by atoms with van der Waals surface area (Å²) < 4.78 is 19.1. The summed E-state index contributed by atoms with van der Waals surface area (Å²) in [5, 5.41) is 12.4. The molecule has 0 aliphatic heterocycles. The molecule has 0 fully saturated rings. The van der Waals surface area contributed by atoms with E-state index in [-0.39, 0.29) is 37.5 Å². The second-order valence-corrected chi connectivity index (χ2v) is 6.59. The van der Waals surface area contributed by atoms with Crippen molar-refractivity contribution in [3.63, 3.8) is 0 Å². The van der Waals surface area contributed by atoms with E-state index in [1.807, 2.05) is 0 Å². The Morgan fingerprint density at radius 1 is 1.27 bits per heavy atom. The molecular weight excluding hydrogens is 409 g/mol. The molecule has 0 aliphatic carbocycles. The first-order chi connectivity index (χ1) is 14.0. The predicted molar refractivity (Wildman–Crippen MR) is 116 cm³/mol. The topological polar surface area (TPSA) is 130 Å². The van der Waals surface area contributed by atoms with Crippen LogP contribution in [0.25, 0.3) is 22.0 Å². The summed E-state index contributed by atoms with van der Waals surface area (Å²) in [5.74, 6) is -0.771. The fraction of sp³-hybridized carbons (Fsp3) is 0.238. The van der Waals surface area contributed by atoms with E-state index in [4.69, 9.17) is 21.5 Å². The summed E-state index contributed by atoms with van der Waals surface area (Å²) in [6.45, 7) is 1.29. The molecule has 9 heteroatoms. The molecule has 7 nitrogen and oxygen atoms in total. The molecule has 3 rings (SSSR count). The van der Waals surface area contributed by atoms with Crippen molar-refractivity contribution in [3.8, 4) is 17.2 Å². The van der Waals surface area contributed by atoms with Gasteiger partial charge in [-0.15, -0.1) is 12.4 Å². The first-order valence-electron chi connectivity index (χ1n) is 9.17. The Morgan fingerprint density at radius 2 is 2.00 bits per heavy atom. The largest absolute Gasteiger partial charge is 0.378 e. The molecule has 0 saturated carbocycles. The lowest BCUT2D eigenvalue weighted by Gasteiger charge is -2.13. The lowest BCUT2D eigenvalue weighted by Crippen LogP contribution is -2.40. The van der Waals surface area contributed by atoms with Crippen molar-refractivity contribution < 1.29 is 13.9 Å². The fourth-order valence-electron chi connectivity index (χ4n) is 3.03. The number of H-pyrrole nitrogens is 1. The molecule has 0 radical (unpaired) electrons. The van der Waals surface area contributed by atoms with Gasteiger partial charge in [-0.3, -0.25) is 4.79 Å². The molecule has 1 amide bonds. The summed E-state index contributed by atoms with van der Waals surface area (Å²) in [6.07, 6.45) is 0. The average molecular weight is 432 g/mol. The normalized spacial score (nSPS) is 11.5. The van der Waals surface area contributed by atoms with Crippen molar-refractivity contribution in [2.75, 3.05) is 26.3 Å². The third-order valence-electron chi connectivity index (χ3n) is 4.41. The lowest BCUT2D eigenvalue weighted by atomic mass is 10.00. The lowest BCUT2D eigenvalue weighted by molar-refractivity contribution is 0.0929. The highest BCUT2D eigenvalue weighted by molar-refractivity contribution is 6.09. The molecule has 2 aromatic carbocycles. The molecule has 158 valence electrons. The number of halogens is 2. The Kier molecular flexibility index (Phi) is 8.33. The number of amides is 1. The number of rotatable bonds is 8. The van der Waals surface area contributed by atoms with E-state index in [1.54, 1.807) is 30.3 Å². The monoisotopic (exact) mass is 431 g/mol. The van der Waals surface area contributed by atoms with Gasteiger partial charge in [0, 0.05) is 35.6 Å². The maximum absolute atomic E-state index is 13.9. The van der Waals surface area contributed by atoms with Crippen LogP contribution >= 0.6 is 12.4 Å². The summed E-state index contributed by atoms with van der Waals surface area (Å²) in [5.41, 5.74) is 14.0. The minimum Gasteiger partial charge on any atom is -0.378 e. The van der Waals surface area contributed by atoms with Crippen molar-refractivity contribution in [1.82, 2.24) is 10.3 Å². The smallest absolute Gasteiger partial charge is 0.268 e. The average Bonchev–Trinajstić information content (AvgIpc) is 3.11. The van der Waals surface area contributed by atoms with E-state index >= 15 is 0 Å². The first kappa shape index (κ1) is 23.3. The van der Waals surface area contributed by atoms with Gasteiger partial charge in [0.2, 0.25) is 0 Å². The van der Waals surface area contributed by atoms with E-state index in [1.165, 1.54) is 12.1 Å².